The summed E-state index contributed by atoms with van der Waals surface area (Å²) in [5, 5.41) is 2.60. The van der Waals surface area contributed by atoms with E-state index < -0.39 is 10.1 Å². The molecule has 2 aromatic rings. The summed E-state index contributed by atoms with van der Waals surface area (Å²) in [5.41, 5.74) is 2.47. The van der Waals surface area contributed by atoms with Gasteiger partial charge in [0.2, 0.25) is 5.91 Å². The average molecular weight is 319 g/mol. The zero-order valence-electron chi connectivity index (χ0n) is 12.6. The lowest BCUT2D eigenvalue weighted by molar-refractivity contribution is -0.114. The van der Waals surface area contributed by atoms with Gasteiger partial charge in [0.1, 0.15) is 10.6 Å². The van der Waals surface area contributed by atoms with Gasteiger partial charge in [-0.05, 0) is 61.4 Å². The molecule has 0 unspecified atom stereocenters. The average Bonchev–Trinajstić information content (AvgIpc) is 2.43. The number of anilines is 1. The van der Waals surface area contributed by atoms with E-state index in [0.29, 0.717) is 5.69 Å². The zero-order valence-corrected chi connectivity index (χ0v) is 13.4. The minimum absolute atomic E-state index is 0.113. The van der Waals surface area contributed by atoms with Crippen LogP contribution >= 0.6 is 0 Å². The molecule has 0 bridgehead atoms. The van der Waals surface area contributed by atoms with Crippen molar-refractivity contribution in [2.45, 2.75) is 25.7 Å². The van der Waals surface area contributed by atoms with E-state index in [0.717, 1.165) is 11.1 Å². The molecule has 0 aliphatic carbocycles. The number of nitrogens with one attached hydrogen (secondary N) is 1. The van der Waals surface area contributed by atoms with Crippen LogP contribution < -0.4 is 9.50 Å². The van der Waals surface area contributed by atoms with Crippen LogP contribution in [0.15, 0.2) is 47.4 Å². The Morgan fingerprint density at radius 3 is 2.18 bits per heavy atom. The van der Waals surface area contributed by atoms with E-state index in [2.05, 4.69) is 5.32 Å². The monoisotopic (exact) mass is 319 g/mol. The second-order valence-corrected chi connectivity index (χ2v) is 6.54. The molecular formula is C16H17NO4S. The lowest BCUT2D eigenvalue weighted by Gasteiger charge is -2.09. The molecule has 0 aromatic heterocycles. The second-order valence-electron chi connectivity index (χ2n) is 4.99. The summed E-state index contributed by atoms with van der Waals surface area (Å²) in [7, 11) is -3.88. The van der Waals surface area contributed by atoms with Gasteiger partial charge in [0.25, 0.3) is 0 Å². The minimum atomic E-state index is -3.88. The van der Waals surface area contributed by atoms with Crippen molar-refractivity contribution in [3.63, 3.8) is 0 Å². The zero-order chi connectivity index (χ0) is 16.3. The molecule has 2 rings (SSSR count). The Morgan fingerprint density at radius 2 is 1.64 bits per heavy atom. The highest BCUT2D eigenvalue weighted by Gasteiger charge is 2.17. The molecule has 0 aliphatic rings. The van der Waals surface area contributed by atoms with Crippen molar-refractivity contribution in [1.29, 1.82) is 0 Å². The normalized spacial score (nSPS) is 11.0. The number of carbonyl (C=O) groups is 1. The standard InChI is InChI=1S/C16H17NO4S/c1-11-4-9-16(10-12(11)2)22(19,20)21-15-7-5-14(6-8-15)17-13(3)18/h4-10H,1-3H3,(H,17,18). The summed E-state index contributed by atoms with van der Waals surface area (Å²) < 4.78 is 29.6. The van der Waals surface area contributed by atoms with Gasteiger partial charge in [0.05, 0.1) is 0 Å². The molecule has 0 saturated heterocycles. The van der Waals surface area contributed by atoms with E-state index in [1.165, 1.54) is 25.1 Å². The lowest BCUT2D eigenvalue weighted by atomic mass is 10.1. The van der Waals surface area contributed by atoms with Crippen LogP contribution in [0.25, 0.3) is 0 Å². The van der Waals surface area contributed by atoms with Crippen LogP contribution in [0.3, 0.4) is 0 Å². The summed E-state index contributed by atoms with van der Waals surface area (Å²) in [6.07, 6.45) is 0. The SMILES string of the molecule is CC(=O)Nc1ccc(OS(=O)(=O)c2ccc(C)c(C)c2)cc1. The molecule has 0 radical (unpaired) electrons. The van der Waals surface area contributed by atoms with Gasteiger partial charge in [0, 0.05) is 12.6 Å². The van der Waals surface area contributed by atoms with Gasteiger partial charge in [-0.1, -0.05) is 6.07 Å². The van der Waals surface area contributed by atoms with Gasteiger partial charge in [-0.3, -0.25) is 4.79 Å². The van der Waals surface area contributed by atoms with Crippen LogP contribution in [0, 0.1) is 13.8 Å². The molecule has 1 amide bonds. The molecule has 22 heavy (non-hydrogen) atoms. The Balaban J connectivity index is 2.21. The van der Waals surface area contributed by atoms with Crippen molar-refractivity contribution in [2.75, 3.05) is 5.32 Å². The third kappa shape index (κ3) is 3.85. The smallest absolute Gasteiger partial charge is 0.339 e. The summed E-state index contributed by atoms with van der Waals surface area (Å²) in [6.45, 7) is 5.15. The van der Waals surface area contributed by atoms with Crippen molar-refractivity contribution in [3.05, 3.63) is 53.6 Å². The fourth-order valence-corrected chi connectivity index (χ4v) is 2.86. The van der Waals surface area contributed by atoms with Crippen LogP contribution in [-0.2, 0) is 14.9 Å². The van der Waals surface area contributed by atoms with E-state index >= 15 is 0 Å². The molecule has 0 heterocycles. The van der Waals surface area contributed by atoms with Crippen molar-refractivity contribution in [3.8, 4) is 5.75 Å². The molecule has 5 nitrogen and oxygen atoms in total. The highest BCUT2D eigenvalue weighted by molar-refractivity contribution is 7.87. The maximum Gasteiger partial charge on any atom is 0.339 e. The predicted octanol–water partition coefficient (Wildman–Crippen LogP) is 3.03. The summed E-state index contributed by atoms with van der Waals surface area (Å²) in [5.74, 6) is -0.0104. The molecule has 0 saturated carbocycles. The molecule has 116 valence electrons. The summed E-state index contributed by atoms with van der Waals surface area (Å²) >= 11 is 0. The number of aryl methyl sites for hydroxylation is 2. The Morgan fingerprint density at radius 1 is 1.00 bits per heavy atom. The van der Waals surface area contributed by atoms with E-state index in [4.69, 9.17) is 4.18 Å². The molecule has 2 aromatic carbocycles. The van der Waals surface area contributed by atoms with Gasteiger partial charge in [-0.25, -0.2) is 0 Å². The largest absolute Gasteiger partial charge is 0.379 e. The molecule has 0 fully saturated rings. The number of carbonyl (C=O) groups excluding carboxylic acids is 1. The van der Waals surface area contributed by atoms with Crippen molar-refractivity contribution in [2.24, 2.45) is 0 Å². The Bertz CT molecular complexity index is 795. The Labute approximate surface area is 130 Å². The van der Waals surface area contributed by atoms with Gasteiger partial charge < -0.3 is 9.50 Å². The summed E-state index contributed by atoms with van der Waals surface area (Å²) in [6, 6.07) is 11.0. The van der Waals surface area contributed by atoms with Gasteiger partial charge in [-0.2, -0.15) is 8.42 Å². The molecular weight excluding hydrogens is 302 g/mol. The van der Waals surface area contributed by atoms with Crippen LogP contribution in [0.4, 0.5) is 5.69 Å². The van der Waals surface area contributed by atoms with Crippen molar-refractivity contribution < 1.29 is 17.4 Å². The number of hydrogen-bond donors (Lipinski definition) is 1. The Kier molecular flexibility index (Phi) is 4.51. The maximum atomic E-state index is 12.2. The van der Waals surface area contributed by atoms with E-state index in [1.54, 1.807) is 24.3 Å². The topological polar surface area (TPSA) is 72.5 Å². The fourth-order valence-electron chi connectivity index (χ4n) is 1.84. The van der Waals surface area contributed by atoms with Crippen LogP contribution in [-0.4, -0.2) is 14.3 Å². The van der Waals surface area contributed by atoms with E-state index in [1.807, 2.05) is 13.8 Å². The van der Waals surface area contributed by atoms with Crippen LogP contribution in [0.5, 0.6) is 5.75 Å². The van der Waals surface area contributed by atoms with E-state index in [9.17, 15) is 13.2 Å². The first-order valence-electron chi connectivity index (χ1n) is 6.67. The summed E-state index contributed by atoms with van der Waals surface area (Å²) in [4.78, 5) is 11.0. The molecule has 0 atom stereocenters. The third-order valence-corrected chi connectivity index (χ3v) is 4.39. The van der Waals surface area contributed by atoms with Crippen LogP contribution in [0.1, 0.15) is 18.1 Å². The van der Waals surface area contributed by atoms with Gasteiger partial charge in [-0.15, -0.1) is 0 Å². The first kappa shape index (κ1) is 16.0. The second kappa shape index (κ2) is 6.19. The molecule has 6 heteroatoms. The van der Waals surface area contributed by atoms with E-state index in [-0.39, 0.29) is 16.6 Å². The fraction of sp³-hybridized carbons (Fsp3) is 0.188. The number of hydrogen-bond acceptors (Lipinski definition) is 4. The first-order chi connectivity index (χ1) is 10.3. The highest BCUT2D eigenvalue weighted by atomic mass is 32.2. The minimum Gasteiger partial charge on any atom is -0.379 e. The molecule has 0 aliphatic heterocycles. The molecule has 0 spiro atoms. The van der Waals surface area contributed by atoms with Crippen LogP contribution in [0.2, 0.25) is 0 Å². The van der Waals surface area contributed by atoms with Crippen molar-refractivity contribution in [1.82, 2.24) is 0 Å². The number of amides is 1. The number of rotatable bonds is 4. The first-order valence-corrected chi connectivity index (χ1v) is 8.08. The predicted molar refractivity (Wildman–Crippen MR) is 84.5 cm³/mol. The molecule has 1 N–H and O–H groups in total. The third-order valence-electron chi connectivity index (χ3n) is 3.15. The maximum absolute atomic E-state index is 12.2. The van der Waals surface area contributed by atoms with Gasteiger partial charge in [0.15, 0.2) is 0 Å². The quantitative estimate of drug-likeness (QED) is 0.879. The lowest BCUT2D eigenvalue weighted by Crippen LogP contribution is -2.10. The van der Waals surface area contributed by atoms with Gasteiger partial charge >= 0.3 is 10.1 Å². The highest BCUT2D eigenvalue weighted by Crippen LogP contribution is 2.22. The Hall–Kier alpha value is -2.34. The number of benzene rings is 2. The van der Waals surface area contributed by atoms with Crippen molar-refractivity contribution >= 4 is 21.7 Å².